The van der Waals surface area contributed by atoms with E-state index in [0.717, 1.165) is 37.9 Å². The summed E-state index contributed by atoms with van der Waals surface area (Å²) in [6, 6.07) is 5.16. The first-order valence-corrected chi connectivity index (χ1v) is 10.1. The van der Waals surface area contributed by atoms with Crippen LogP contribution in [-0.4, -0.2) is 34.9 Å². The van der Waals surface area contributed by atoms with Crippen molar-refractivity contribution in [2.45, 2.75) is 38.5 Å². The lowest BCUT2D eigenvalue weighted by Crippen LogP contribution is -2.38. The fourth-order valence-corrected chi connectivity index (χ4v) is 3.92. The lowest BCUT2D eigenvalue weighted by Gasteiger charge is -2.29. The summed E-state index contributed by atoms with van der Waals surface area (Å²) in [6.45, 7) is 3.46. The molecule has 1 saturated heterocycles. The van der Waals surface area contributed by atoms with Gasteiger partial charge in [-0.15, -0.1) is 0 Å². The highest BCUT2D eigenvalue weighted by atomic mass is 35.5. The molecule has 2 amide bonds. The minimum absolute atomic E-state index is 0.119. The zero-order valence-electron chi connectivity index (χ0n) is 16.0. The fraction of sp³-hybridized carbons (Fsp3) is 0.400. The van der Waals surface area contributed by atoms with Crippen LogP contribution < -0.4 is 21.1 Å². The van der Waals surface area contributed by atoms with E-state index >= 15 is 0 Å². The standard InChI is InChI=1S/C20H22ClN5O3/c1-11-5-6-12(9-14(11)21)22-18(28)13-10-15(27)23-17-16(13)19(29)25-20(24-17)26-7-3-2-4-8-26/h5-6,9,13H,2-4,7-8,10H2,1H3,(H,22,28)(H2,23,24,25,27,29). The van der Waals surface area contributed by atoms with E-state index in [1.807, 2.05) is 11.8 Å². The minimum atomic E-state index is -0.925. The van der Waals surface area contributed by atoms with Crippen LogP contribution in [0.15, 0.2) is 23.0 Å². The van der Waals surface area contributed by atoms with E-state index in [9.17, 15) is 14.4 Å². The number of hydrogen-bond donors (Lipinski definition) is 3. The van der Waals surface area contributed by atoms with Crippen molar-refractivity contribution < 1.29 is 9.59 Å². The number of piperidine rings is 1. The van der Waals surface area contributed by atoms with Gasteiger partial charge >= 0.3 is 0 Å². The number of aromatic nitrogens is 2. The van der Waals surface area contributed by atoms with Crippen molar-refractivity contribution in [2.24, 2.45) is 0 Å². The summed E-state index contributed by atoms with van der Waals surface area (Å²) >= 11 is 6.12. The van der Waals surface area contributed by atoms with Crippen LogP contribution >= 0.6 is 11.6 Å². The van der Waals surface area contributed by atoms with Crippen LogP contribution in [0.1, 0.15) is 42.7 Å². The highest BCUT2D eigenvalue weighted by Crippen LogP contribution is 2.31. The van der Waals surface area contributed by atoms with Gasteiger partial charge in [-0.1, -0.05) is 17.7 Å². The van der Waals surface area contributed by atoms with Crippen molar-refractivity contribution in [1.82, 2.24) is 9.97 Å². The van der Waals surface area contributed by atoms with Crippen LogP contribution in [0.25, 0.3) is 0 Å². The molecule has 29 heavy (non-hydrogen) atoms. The SMILES string of the molecule is Cc1ccc(NC(=O)C2CC(=O)Nc3nc(N4CCCCC4)[nH]c(=O)c32)cc1Cl. The van der Waals surface area contributed by atoms with E-state index in [4.69, 9.17) is 11.6 Å². The number of aromatic amines is 1. The van der Waals surface area contributed by atoms with Gasteiger partial charge in [0.1, 0.15) is 5.82 Å². The van der Waals surface area contributed by atoms with Crippen molar-refractivity contribution in [3.8, 4) is 0 Å². The number of nitrogens with zero attached hydrogens (tertiary/aromatic N) is 2. The Bertz CT molecular complexity index is 1030. The number of anilines is 3. The van der Waals surface area contributed by atoms with Gasteiger partial charge in [0.2, 0.25) is 17.8 Å². The molecule has 152 valence electrons. The predicted molar refractivity (Wildman–Crippen MR) is 112 cm³/mol. The number of nitrogens with one attached hydrogen (secondary N) is 3. The van der Waals surface area contributed by atoms with Gasteiger partial charge < -0.3 is 15.5 Å². The molecule has 3 N–H and O–H groups in total. The molecular weight excluding hydrogens is 394 g/mol. The molecule has 0 radical (unpaired) electrons. The molecule has 2 aliphatic heterocycles. The molecule has 1 aromatic heterocycles. The highest BCUT2D eigenvalue weighted by Gasteiger charge is 2.35. The van der Waals surface area contributed by atoms with E-state index in [1.165, 1.54) is 0 Å². The molecule has 1 fully saturated rings. The molecule has 0 aliphatic carbocycles. The molecule has 8 nitrogen and oxygen atoms in total. The zero-order chi connectivity index (χ0) is 20.5. The average Bonchev–Trinajstić information content (AvgIpc) is 2.70. The number of amides is 2. The normalized spacial score (nSPS) is 18.8. The Morgan fingerprint density at radius 2 is 2.00 bits per heavy atom. The smallest absolute Gasteiger partial charge is 0.258 e. The van der Waals surface area contributed by atoms with Crippen molar-refractivity contribution in [3.63, 3.8) is 0 Å². The first-order valence-electron chi connectivity index (χ1n) is 9.68. The fourth-order valence-electron chi connectivity index (χ4n) is 3.74. The Hall–Kier alpha value is -2.87. The van der Waals surface area contributed by atoms with Gasteiger partial charge in [0.25, 0.3) is 5.56 Å². The third kappa shape index (κ3) is 3.98. The number of hydrogen-bond acceptors (Lipinski definition) is 5. The zero-order valence-corrected chi connectivity index (χ0v) is 16.8. The number of H-pyrrole nitrogens is 1. The summed E-state index contributed by atoms with van der Waals surface area (Å²) in [5.41, 5.74) is 1.17. The molecule has 9 heteroatoms. The Balaban J connectivity index is 1.64. The predicted octanol–water partition coefficient (Wildman–Crippen LogP) is 2.79. The van der Waals surface area contributed by atoms with E-state index in [2.05, 4.69) is 20.6 Å². The maximum atomic E-state index is 12.9. The second kappa shape index (κ2) is 7.87. The molecule has 1 aromatic carbocycles. The van der Waals surface area contributed by atoms with Gasteiger partial charge in [-0.25, -0.2) is 0 Å². The van der Waals surface area contributed by atoms with Crippen LogP contribution in [-0.2, 0) is 9.59 Å². The van der Waals surface area contributed by atoms with Gasteiger partial charge in [0, 0.05) is 30.2 Å². The minimum Gasteiger partial charge on any atom is -0.342 e. The molecule has 0 spiro atoms. The number of aryl methyl sites for hydroxylation is 1. The number of fused-ring (bicyclic) bond motifs is 1. The first-order chi connectivity index (χ1) is 13.9. The Morgan fingerprint density at radius 1 is 1.24 bits per heavy atom. The number of rotatable bonds is 3. The highest BCUT2D eigenvalue weighted by molar-refractivity contribution is 6.31. The first kappa shape index (κ1) is 19.4. The maximum Gasteiger partial charge on any atom is 0.258 e. The molecule has 0 saturated carbocycles. The maximum absolute atomic E-state index is 12.9. The largest absolute Gasteiger partial charge is 0.342 e. The molecule has 3 heterocycles. The quantitative estimate of drug-likeness (QED) is 0.714. The molecular formula is C20H22ClN5O3. The van der Waals surface area contributed by atoms with Crippen molar-refractivity contribution >= 4 is 40.9 Å². The Kier molecular flexibility index (Phi) is 5.27. The summed E-state index contributed by atoms with van der Waals surface area (Å²) in [6.07, 6.45) is 3.08. The van der Waals surface area contributed by atoms with Crippen LogP contribution in [0.4, 0.5) is 17.5 Å². The molecule has 2 aromatic rings. The van der Waals surface area contributed by atoms with Crippen LogP contribution in [0.2, 0.25) is 5.02 Å². The summed E-state index contributed by atoms with van der Waals surface area (Å²) in [5.74, 6) is -1.13. The molecule has 4 rings (SSSR count). The molecule has 2 aliphatic rings. The molecule has 1 atom stereocenters. The van der Waals surface area contributed by atoms with Crippen molar-refractivity contribution in [2.75, 3.05) is 28.6 Å². The summed E-state index contributed by atoms with van der Waals surface area (Å²) in [7, 11) is 0. The van der Waals surface area contributed by atoms with Gasteiger partial charge in [-0.05, 0) is 43.9 Å². The number of halogens is 1. The number of benzene rings is 1. The van der Waals surface area contributed by atoms with Gasteiger partial charge in [0.15, 0.2) is 0 Å². The third-order valence-electron chi connectivity index (χ3n) is 5.35. The lowest BCUT2D eigenvalue weighted by molar-refractivity contribution is -0.123. The van der Waals surface area contributed by atoms with Gasteiger partial charge in [0.05, 0.1) is 11.5 Å². The van der Waals surface area contributed by atoms with E-state index in [-0.39, 0.29) is 23.7 Å². The van der Waals surface area contributed by atoms with E-state index in [0.29, 0.717) is 16.7 Å². The number of carbonyl (C=O) groups excluding carboxylic acids is 2. The average molecular weight is 416 g/mol. The van der Waals surface area contributed by atoms with E-state index < -0.39 is 17.4 Å². The summed E-state index contributed by atoms with van der Waals surface area (Å²) < 4.78 is 0. The van der Waals surface area contributed by atoms with Gasteiger partial charge in [-0.3, -0.25) is 19.4 Å². The lowest BCUT2D eigenvalue weighted by atomic mass is 9.92. The van der Waals surface area contributed by atoms with Gasteiger partial charge in [-0.2, -0.15) is 4.98 Å². The van der Waals surface area contributed by atoms with Crippen molar-refractivity contribution in [1.29, 1.82) is 0 Å². The Labute approximate surface area is 172 Å². The third-order valence-corrected chi connectivity index (χ3v) is 5.76. The summed E-state index contributed by atoms with van der Waals surface area (Å²) in [5, 5.41) is 5.92. The second-order valence-corrected chi connectivity index (χ2v) is 7.86. The van der Waals surface area contributed by atoms with E-state index in [1.54, 1.807) is 18.2 Å². The topological polar surface area (TPSA) is 107 Å². The monoisotopic (exact) mass is 415 g/mol. The Morgan fingerprint density at radius 3 is 2.72 bits per heavy atom. The van der Waals surface area contributed by atoms with Crippen LogP contribution in [0.3, 0.4) is 0 Å². The summed E-state index contributed by atoms with van der Waals surface area (Å²) in [4.78, 5) is 47.2. The van der Waals surface area contributed by atoms with Crippen molar-refractivity contribution in [3.05, 3.63) is 44.7 Å². The molecule has 1 unspecified atom stereocenters. The molecule has 0 bridgehead atoms. The van der Waals surface area contributed by atoms with Crippen LogP contribution in [0.5, 0.6) is 0 Å². The number of carbonyl (C=O) groups is 2. The second-order valence-electron chi connectivity index (χ2n) is 7.46. The van der Waals surface area contributed by atoms with Crippen LogP contribution in [0, 0.1) is 6.92 Å².